The van der Waals surface area contributed by atoms with Gasteiger partial charge < -0.3 is 4.74 Å². The lowest BCUT2D eigenvalue weighted by molar-refractivity contribution is -0.137. The van der Waals surface area contributed by atoms with Crippen molar-refractivity contribution in [2.24, 2.45) is 11.8 Å². The average Bonchev–Trinajstić information content (AvgIpc) is 2.47. The molecule has 0 fully saturated rings. The Balaban J connectivity index is 3.70. The number of carbonyl (C=O) groups is 1. The zero-order valence-electron chi connectivity index (χ0n) is 15.4. The molecule has 0 N–H and O–H groups in total. The molecule has 0 saturated carbocycles. The number of carbonyl (C=O) groups excluding carboxylic acids is 1. The Bertz CT molecular complexity index is 342. The largest absolute Gasteiger partial charge is 0.463 e. The minimum Gasteiger partial charge on any atom is -0.463 e. The number of esters is 1. The van der Waals surface area contributed by atoms with Crippen LogP contribution in [0, 0.1) is 11.8 Å². The van der Waals surface area contributed by atoms with E-state index in [9.17, 15) is 4.79 Å². The molecule has 0 aromatic rings. The van der Waals surface area contributed by atoms with Crippen LogP contribution >= 0.6 is 0 Å². The Hall–Kier alpha value is -1.05. The lowest BCUT2D eigenvalue weighted by atomic mass is 9.94. The Morgan fingerprint density at radius 3 is 2.41 bits per heavy atom. The Kier molecular flexibility index (Phi) is 13.0. The summed E-state index contributed by atoms with van der Waals surface area (Å²) in [5, 5.41) is 0. The van der Waals surface area contributed by atoms with Gasteiger partial charge in [0.25, 0.3) is 0 Å². The van der Waals surface area contributed by atoms with E-state index in [1.165, 1.54) is 44.1 Å². The minimum atomic E-state index is -0.223. The van der Waals surface area contributed by atoms with Gasteiger partial charge in [0.05, 0.1) is 6.61 Å². The molecule has 0 unspecified atom stereocenters. The van der Waals surface area contributed by atoms with Gasteiger partial charge in [-0.1, -0.05) is 57.8 Å². The molecule has 0 saturated heterocycles. The quantitative estimate of drug-likeness (QED) is 0.248. The highest BCUT2D eigenvalue weighted by Crippen LogP contribution is 2.19. The van der Waals surface area contributed by atoms with Crippen LogP contribution in [-0.4, -0.2) is 12.6 Å². The summed E-state index contributed by atoms with van der Waals surface area (Å²) in [6, 6.07) is 0. The smallest absolute Gasteiger partial charge is 0.330 e. The van der Waals surface area contributed by atoms with Crippen LogP contribution in [0.5, 0.6) is 0 Å². The summed E-state index contributed by atoms with van der Waals surface area (Å²) in [4.78, 5) is 11.2. The number of hydrogen-bond acceptors (Lipinski definition) is 2. The van der Waals surface area contributed by atoms with Crippen LogP contribution in [0.2, 0.25) is 0 Å². The average molecular weight is 309 g/mol. The van der Waals surface area contributed by atoms with Gasteiger partial charge in [0.15, 0.2) is 0 Å². The number of allylic oxidation sites excluding steroid dienone is 3. The second kappa shape index (κ2) is 13.6. The molecule has 0 aromatic carbocycles. The third-order valence-corrected chi connectivity index (χ3v) is 4.18. The number of ether oxygens (including phenoxy) is 1. The summed E-state index contributed by atoms with van der Waals surface area (Å²) in [7, 11) is 0. The van der Waals surface area contributed by atoms with Crippen LogP contribution in [0.15, 0.2) is 23.8 Å². The molecule has 2 atom stereocenters. The van der Waals surface area contributed by atoms with E-state index < -0.39 is 0 Å². The maximum absolute atomic E-state index is 11.2. The standard InChI is InChI=1S/C20H36O2/c1-6-17(3)11-8-12-18(4)13-9-14-19(5)15-10-16-20(21)22-7-2/h10-11,16,18-19H,6-9,12-15H2,1-5H3/b16-10+,17-11+/t18-,19-/m1/s1. The summed E-state index contributed by atoms with van der Waals surface area (Å²) in [5.41, 5.74) is 1.51. The first-order valence-electron chi connectivity index (χ1n) is 8.98. The monoisotopic (exact) mass is 308 g/mol. The first-order valence-corrected chi connectivity index (χ1v) is 8.98. The van der Waals surface area contributed by atoms with E-state index in [1.807, 2.05) is 13.0 Å². The van der Waals surface area contributed by atoms with Gasteiger partial charge in [-0.15, -0.1) is 0 Å². The van der Waals surface area contributed by atoms with Crippen molar-refractivity contribution in [2.45, 2.75) is 79.6 Å². The fourth-order valence-corrected chi connectivity index (χ4v) is 2.42. The zero-order chi connectivity index (χ0) is 16.8. The van der Waals surface area contributed by atoms with Gasteiger partial charge in [-0.05, 0) is 51.4 Å². The molecular weight excluding hydrogens is 272 g/mol. The van der Waals surface area contributed by atoms with E-state index in [0.29, 0.717) is 12.5 Å². The third kappa shape index (κ3) is 12.7. The van der Waals surface area contributed by atoms with Crippen molar-refractivity contribution in [3.63, 3.8) is 0 Å². The molecular formula is C20H36O2. The summed E-state index contributed by atoms with van der Waals surface area (Å²) >= 11 is 0. The summed E-state index contributed by atoms with van der Waals surface area (Å²) in [6.45, 7) is 11.3. The van der Waals surface area contributed by atoms with Crippen molar-refractivity contribution in [1.29, 1.82) is 0 Å². The Labute approximate surface area is 138 Å². The predicted octanol–water partition coefficient (Wildman–Crippen LogP) is 6.07. The molecule has 0 aliphatic rings. The van der Waals surface area contributed by atoms with Crippen LogP contribution in [-0.2, 0) is 9.53 Å². The van der Waals surface area contributed by atoms with Crippen LogP contribution in [0.1, 0.15) is 79.6 Å². The van der Waals surface area contributed by atoms with Crippen molar-refractivity contribution in [1.82, 2.24) is 0 Å². The molecule has 0 aromatic heterocycles. The normalized spacial score (nSPS) is 15.0. The van der Waals surface area contributed by atoms with Crippen molar-refractivity contribution in [2.75, 3.05) is 6.61 Å². The summed E-state index contributed by atoms with van der Waals surface area (Å²) in [6.07, 6.45) is 14.4. The molecule has 0 radical (unpaired) electrons. The van der Waals surface area contributed by atoms with Crippen LogP contribution in [0.3, 0.4) is 0 Å². The Morgan fingerprint density at radius 2 is 1.77 bits per heavy atom. The zero-order valence-corrected chi connectivity index (χ0v) is 15.4. The molecule has 128 valence electrons. The van der Waals surface area contributed by atoms with Crippen molar-refractivity contribution in [3.05, 3.63) is 23.8 Å². The molecule has 22 heavy (non-hydrogen) atoms. The van der Waals surface area contributed by atoms with E-state index in [1.54, 1.807) is 6.08 Å². The van der Waals surface area contributed by atoms with E-state index in [2.05, 4.69) is 33.8 Å². The maximum atomic E-state index is 11.2. The topological polar surface area (TPSA) is 26.3 Å². The van der Waals surface area contributed by atoms with Crippen molar-refractivity contribution < 1.29 is 9.53 Å². The van der Waals surface area contributed by atoms with E-state index in [4.69, 9.17) is 4.74 Å². The molecule has 0 heterocycles. The molecule has 0 amide bonds. The number of rotatable bonds is 12. The van der Waals surface area contributed by atoms with E-state index in [-0.39, 0.29) is 5.97 Å². The first-order chi connectivity index (χ1) is 10.5. The molecule has 2 heteroatoms. The third-order valence-electron chi connectivity index (χ3n) is 4.18. The van der Waals surface area contributed by atoms with Gasteiger partial charge in [-0.3, -0.25) is 0 Å². The highest BCUT2D eigenvalue weighted by atomic mass is 16.5. The molecule has 0 bridgehead atoms. The van der Waals surface area contributed by atoms with Crippen molar-refractivity contribution >= 4 is 5.97 Å². The fourth-order valence-electron chi connectivity index (χ4n) is 2.42. The second-order valence-electron chi connectivity index (χ2n) is 6.51. The molecule has 0 aliphatic carbocycles. The molecule has 0 rings (SSSR count). The summed E-state index contributed by atoms with van der Waals surface area (Å²) in [5.74, 6) is 1.22. The van der Waals surface area contributed by atoms with Gasteiger partial charge in [0, 0.05) is 6.08 Å². The lowest BCUT2D eigenvalue weighted by Crippen LogP contribution is -2.00. The van der Waals surface area contributed by atoms with Crippen LogP contribution in [0.25, 0.3) is 0 Å². The SMILES string of the molecule is CCOC(=O)/C=C/C[C@H](C)CCC[C@H](C)CC/C=C(\C)CC. The molecule has 0 spiro atoms. The van der Waals surface area contributed by atoms with Crippen LogP contribution in [0.4, 0.5) is 0 Å². The Morgan fingerprint density at radius 1 is 1.09 bits per heavy atom. The highest BCUT2D eigenvalue weighted by molar-refractivity contribution is 5.81. The molecule has 2 nitrogen and oxygen atoms in total. The fraction of sp³-hybridized carbons (Fsp3) is 0.750. The minimum absolute atomic E-state index is 0.223. The first kappa shape index (κ1) is 20.9. The predicted molar refractivity (Wildman–Crippen MR) is 95.9 cm³/mol. The van der Waals surface area contributed by atoms with E-state index >= 15 is 0 Å². The second-order valence-corrected chi connectivity index (χ2v) is 6.51. The van der Waals surface area contributed by atoms with Gasteiger partial charge in [-0.2, -0.15) is 0 Å². The van der Waals surface area contributed by atoms with Gasteiger partial charge in [0.2, 0.25) is 0 Å². The maximum Gasteiger partial charge on any atom is 0.330 e. The van der Waals surface area contributed by atoms with Gasteiger partial charge in [-0.25, -0.2) is 4.79 Å². The highest BCUT2D eigenvalue weighted by Gasteiger charge is 2.05. The van der Waals surface area contributed by atoms with Crippen molar-refractivity contribution in [3.8, 4) is 0 Å². The lowest BCUT2D eigenvalue weighted by Gasteiger charge is -2.12. The van der Waals surface area contributed by atoms with Crippen LogP contribution < -0.4 is 0 Å². The van der Waals surface area contributed by atoms with Gasteiger partial charge >= 0.3 is 5.97 Å². The summed E-state index contributed by atoms with van der Waals surface area (Å²) < 4.78 is 4.87. The van der Waals surface area contributed by atoms with E-state index in [0.717, 1.165) is 12.3 Å². The van der Waals surface area contributed by atoms with Gasteiger partial charge in [0.1, 0.15) is 0 Å². The number of hydrogen-bond donors (Lipinski definition) is 0. The molecule has 0 aliphatic heterocycles.